The first-order valence-corrected chi connectivity index (χ1v) is 8.33. The molecule has 3 nitrogen and oxygen atoms in total. The van der Waals surface area contributed by atoms with Gasteiger partial charge in [0.15, 0.2) is 0 Å². The van der Waals surface area contributed by atoms with Crippen LogP contribution in [-0.2, 0) is 11.3 Å². The number of amides is 1. The molecule has 1 amide bonds. The lowest BCUT2D eigenvalue weighted by molar-refractivity contribution is -0.116. The van der Waals surface area contributed by atoms with Gasteiger partial charge in [0.1, 0.15) is 0 Å². The Kier molecular flexibility index (Phi) is 3.90. The number of aromatic nitrogens is 1. The summed E-state index contributed by atoms with van der Waals surface area (Å²) in [7, 11) is 0. The van der Waals surface area contributed by atoms with E-state index >= 15 is 0 Å². The van der Waals surface area contributed by atoms with E-state index in [1.54, 1.807) is 11.8 Å². The highest BCUT2D eigenvalue weighted by Gasteiger charge is 2.19. The van der Waals surface area contributed by atoms with Gasteiger partial charge < -0.3 is 4.90 Å². The maximum absolute atomic E-state index is 12.3. The van der Waals surface area contributed by atoms with Crippen LogP contribution in [0.15, 0.2) is 66.7 Å². The number of benzene rings is 2. The van der Waals surface area contributed by atoms with Crippen LogP contribution in [0, 0.1) is 0 Å². The summed E-state index contributed by atoms with van der Waals surface area (Å²) >= 11 is 0. The van der Waals surface area contributed by atoms with E-state index in [1.807, 2.05) is 66.7 Å². The molecule has 0 aliphatic carbocycles. The fourth-order valence-corrected chi connectivity index (χ4v) is 3.13. The van der Waals surface area contributed by atoms with Gasteiger partial charge in [0, 0.05) is 12.5 Å². The predicted molar refractivity (Wildman–Crippen MR) is 102 cm³/mol. The molecule has 1 aromatic heterocycles. The van der Waals surface area contributed by atoms with Gasteiger partial charge in [0.2, 0.25) is 5.91 Å². The third-order valence-electron chi connectivity index (χ3n) is 4.44. The van der Waals surface area contributed by atoms with Gasteiger partial charge in [-0.05, 0) is 23.3 Å². The van der Waals surface area contributed by atoms with Gasteiger partial charge in [-0.1, -0.05) is 66.7 Å². The zero-order chi connectivity index (χ0) is 17.2. The molecule has 0 saturated carbocycles. The lowest BCUT2D eigenvalue weighted by Gasteiger charge is -2.25. The van der Waals surface area contributed by atoms with Gasteiger partial charge in [-0.3, -0.25) is 9.78 Å². The van der Waals surface area contributed by atoms with Crippen LogP contribution < -0.4 is 4.90 Å². The normalized spacial score (nSPS) is 14.0. The first-order valence-electron chi connectivity index (χ1n) is 8.33. The molecule has 0 bridgehead atoms. The smallest absolute Gasteiger partial charge is 0.224 e. The molecule has 25 heavy (non-hydrogen) atoms. The number of anilines is 1. The van der Waals surface area contributed by atoms with Crippen LogP contribution in [0.5, 0.6) is 0 Å². The van der Waals surface area contributed by atoms with E-state index in [-0.39, 0.29) is 5.91 Å². The average Bonchev–Trinajstić information content (AvgIpc) is 2.64. The van der Waals surface area contributed by atoms with Crippen LogP contribution in [0.1, 0.15) is 23.7 Å². The molecule has 1 aliphatic rings. The average molecular weight is 326 g/mol. The molecule has 4 rings (SSSR count). The third kappa shape index (κ3) is 2.96. The quantitative estimate of drug-likeness (QED) is 0.644. The second-order valence-corrected chi connectivity index (χ2v) is 6.10. The van der Waals surface area contributed by atoms with E-state index in [1.165, 1.54) is 0 Å². The lowest BCUT2D eigenvalue weighted by atomic mass is 10.0. The van der Waals surface area contributed by atoms with E-state index in [0.29, 0.717) is 6.54 Å². The lowest BCUT2D eigenvalue weighted by Crippen LogP contribution is -2.29. The maximum atomic E-state index is 12.3. The monoisotopic (exact) mass is 326 g/mol. The van der Waals surface area contributed by atoms with Crippen molar-refractivity contribution in [2.75, 3.05) is 4.90 Å². The minimum Gasteiger partial charge on any atom is -0.306 e. The number of hydrogen-bond donors (Lipinski definition) is 0. The van der Waals surface area contributed by atoms with Crippen LogP contribution in [-0.4, -0.2) is 10.9 Å². The molecule has 0 unspecified atom stereocenters. The predicted octanol–water partition coefficient (Wildman–Crippen LogP) is 4.79. The number of pyridine rings is 1. The molecule has 1 aliphatic heterocycles. The van der Waals surface area contributed by atoms with Gasteiger partial charge in [-0.15, -0.1) is 0 Å². The molecule has 0 N–H and O–H groups in total. The Morgan fingerprint density at radius 1 is 0.880 bits per heavy atom. The van der Waals surface area contributed by atoms with Gasteiger partial charge >= 0.3 is 0 Å². The molecule has 0 atom stereocenters. The number of rotatable bonds is 1. The molecule has 0 spiro atoms. The number of carbonyl (C=O) groups excluding carboxylic acids is 1. The SMILES string of the molecule is CC(=O)N1Cc2nc(-c3ccccc3)ccc2/C=C\c2ccccc21. The van der Waals surface area contributed by atoms with Crippen LogP contribution in [0.2, 0.25) is 0 Å². The van der Waals surface area contributed by atoms with E-state index in [9.17, 15) is 4.79 Å². The molecular weight excluding hydrogens is 308 g/mol. The van der Waals surface area contributed by atoms with Crippen LogP contribution in [0.4, 0.5) is 5.69 Å². The van der Waals surface area contributed by atoms with Crippen LogP contribution >= 0.6 is 0 Å². The molecule has 3 heteroatoms. The van der Waals surface area contributed by atoms with Crippen molar-refractivity contribution in [3.8, 4) is 11.3 Å². The zero-order valence-electron chi connectivity index (χ0n) is 14.0. The van der Waals surface area contributed by atoms with E-state index in [0.717, 1.165) is 33.8 Å². The second-order valence-electron chi connectivity index (χ2n) is 6.10. The van der Waals surface area contributed by atoms with Crippen molar-refractivity contribution in [3.63, 3.8) is 0 Å². The topological polar surface area (TPSA) is 33.2 Å². The van der Waals surface area contributed by atoms with E-state index in [4.69, 9.17) is 4.98 Å². The number of para-hydroxylation sites is 1. The third-order valence-corrected chi connectivity index (χ3v) is 4.44. The first kappa shape index (κ1) is 15.3. The molecule has 0 radical (unpaired) electrons. The fraction of sp³-hybridized carbons (Fsp3) is 0.0909. The molecule has 122 valence electrons. The van der Waals surface area contributed by atoms with Crippen LogP contribution in [0.25, 0.3) is 23.4 Å². The molecule has 0 saturated heterocycles. The highest BCUT2D eigenvalue weighted by Crippen LogP contribution is 2.29. The van der Waals surface area contributed by atoms with Crippen molar-refractivity contribution in [1.82, 2.24) is 4.98 Å². The van der Waals surface area contributed by atoms with Crippen molar-refractivity contribution >= 4 is 23.7 Å². The minimum absolute atomic E-state index is 0.0145. The van der Waals surface area contributed by atoms with E-state index in [2.05, 4.69) is 12.1 Å². The van der Waals surface area contributed by atoms with E-state index < -0.39 is 0 Å². The number of hydrogen-bond acceptors (Lipinski definition) is 2. The molecule has 2 aromatic carbocycles. The molecule has 0 fully saturated rings. The van der Waals surface area contributed by atoms with Crippen molar-refractivity contribution < 1.29 is 4.79 Å². The Morgan fingerprint density at radius 2 is 1.60 bits per heavy atom. The van der Waals surface area contributed by atoms with Crippen molar-refractivity contribution in [1.29, 1.82) is 0 Å². The van der Waals surface area contributed by atoms with Crippen molar-refractivity contribution in [2.45, 2.75) is 13.5 Å². The first-order chi connectivity index (χ1) is 12.2. The Bertz CT molecular complexity index is 961. The summed E-state index contributed by atoms with van der Waals surface area (Å²) in [4.78, 5) is 18.9. The van der Waals surface area contributed by atoms with Crippen molar-refractivity contribution in [3.05, 3.63) is 83.6 Å². The minimum atomic E-state index is 0.0145. The van der Waals surface area contributed by atoms with Crippen molar-refractivity contribution in [2.24, 2.45) is 0 Å². The Hall–Kier alpha value is -3.20. The van der Waals surface area contributed by atoms with Gasteiger partial charge in [-0.25, -0.2) is 0 Å². The highest BCUT2D eigenvalue weighted by molar-refractivity contribution is 5.95. The van der Waals surface area contributed by atoms with Gasteiger partial charge in [0.25, 0.3) is 0 Å². The summed E-state index contributed by atoms with van der Waals surface area (Å²) in [6.07, 6.45) is 4.13. The Labute approximate surface area is 147 Å². The second kappa shape index (κ2) is 6.36. The standard InChI is InChI=1S/C22H18N2O/c1-16(25)24-15-21-18(11-12-19-9-5-6-10-22(19)24)13-14-20(23-21)17-7-3-2-4-8-17/h2-14H,15H2,1H3/b12-11-. The fourth-order valence-electron chi connectivity index (χ4n) is 3.13. The van der Waals surface area contributed by atoms with Gasteiger partial charge in [0.05, 0.1) is 23.6 Å². The zero-order valence-corrected chi connectivity index (χ0v) is 14.0. The maximum Gasteiger partial charge on any atom is 0.224 e. The summed E-state index contributed by atoms with van der Waals surface area (Å²) in [6.45, 7) is 2.06. The highest BCUT2D eigenvalue weighted by atomic mass is 16.2. The largest absolute Gasteiger partial charge is 0.306 e. The number of fused-ring (bicyclic) bond motifs is 2. The van der Waals surface area contributed by atoms with Gasteiger partial charge in [-0.2, -0.15) is 0 Å². The molecular formula is C22H18N2O. The Balaban J connectivity index is 1.84. The summed E-state index contributed by atoms with van der Waals surface area (Å²) in [5, 5.41) is 0. The molecule has 3 aromatic rings. The molecule has 2 heterocycles. The number of nitrogens with zero attached hydrogens (tertiary/aromatic N) is 2. The summed E-state index contributed by atoms with van der Waals surface area (Å²) in [5.41, 5.74) is 5.90. The van der Waals surface area contributed by atoms with Crippen LogP contribution in [0.3, 0.4) is 0 Å². The number of carbonyl (C=O) groups is 1. The summed E-state index contributed by atoms with van der Waals surface area (Å²) in [6, 6.07) is 22.2. The summed E-state index contributed by atoms with van der Waals surface area (Å²) < 4.78 is 0. The summed E-state index contributed by atoms with van der Waals surface area (Å²) in [5.74, 6) is 0.0145. The Morgan fingerprint density at radius 3 is 2.40 bits per heavy atom.